The summed E-state index contributed by atoms with van der Waals surface area (Å²) in [5.41, 5.74) is 0.150. The molecule has 26 heteroatoms. The van der Waals surface area contributed by atoms with Gasteiger partial charge in [0.25, 0.3) is 0 Å². The number of aliphatic hydroxyl groups excluding tert-OH is 1. The van der Waals surface area contributed by atoms with Gasteiger partial charge in [-0.05, 0) is 124 Å². The molecule has 0 spiro atoms. The number of carboxylic acid groups (broad SMARTS) is 1. The Hall–Kier alpha value is -4.69. The molecule has 0 aromatic heterocycles. The number of hydrogen-bond donors (Lipinski definition) is 3. The van der Waals surface area contributed by atoms with Gasteiger partial charge in [-0.3, -0.25) is 19.2 Å². The van der Waals surface area contributed by atoms with Crippen molar-refractivity contribution >= 4 is 139 Å². The number of Topliss-reactive ketones (excluding diaryl/α,β-unsaturated/α-hetero) is 3. The van der Waals surface area contributed by atoms with E-state index in [2.05, 4.69) is 30.1 Å². The summed E-state index contributed by atoms with van der Waals surface area (Å²) in [6.45, 7) is 12.9. The predicted octanol–water partition coefficient (Wildman–Crippen LogP) is 11.1. The topological polar surface area (TPSA) is 262 Å². The van der Waals surface area contributed by atoms with Gasteiger partial charge in [-0.2, -0.15) is 0 Å². The van der Waals surface area contributed by atoms with E-state index in [0.717, 1.165) is 7.11 Å². The molecule has 0 radical (unpaired) electrons. The van der Waals surface area contributed by atoms with E-state index in [4.69, 9.17) is 94.1 Å². The molecule has 0 saturated heterocycles. The second kappa shape index (κ2) is 47.0. The van der Waals surface area contributed by atoms with Crippen molar-refractivity contribution in [1.82, 2.24) is 0 Å². The van der Waals surface area contributed by atoms with Crippen LogP contribution in [0.5, 0.6) is 23.0 Å². The van der Waals surface area contributed by atoms with Crippen LogP contribution < -0.4 is 18.9 Å². The zero-order chi connectivity index (χ0) is 61.9. The highest BCUT2D eigenvalue weighted by Gasteiger charge is 2.26. The minimum absolute atomic E-state index is 0.0120. The molecule has 0 saturated carbocycles. The first-order chi connectivity index (χ1) is 36.8. The quantitative estimate of drug-likeness (QED) is 0.0197. The number of methoxy groups -OCH3 is 3. The highest BCUT2D eigenvalue weighted by molar-refractivity contribution is 9.10. The third-order valence-electron chi connectivity index (χ3n) is 8.30. The number of aliphatic carboxylic acids is 1. The van der Waals surface area contributed by atoms with Crippen molar-refractivity contribution in [3.05, 3.63) is 120 Å². The van der Waals surface area contributed by atoms with E-state index in [1.807, 2.05) is 32.0 Å². The average molecular weight is 1310 g/mol. The molecule has 0 amide bonds. The van der Waals surface area contributed by atoms with E-state index in [1.54, 1.807) is 88.4 Å². The molecule has 0 atom stereocenters. The zero-order valence-electron chi connectivity index (χ0n) is 45.7. The Balaban J connectivity index is -0.000000439. The molecule has 3 N–H and O–H groups in total. The lowest BCUT2D eigenvalue weighted by molar-refractivity contribution is -0.143. The molecule has 0 fully saturated rings. The Morgan fingerprint density at radius 2 is 0.785 bits per heavy atom. The van der Waals surface area contributed by atoms with Crippen LogP contribution in [0.25, 0.3) is 0 Å². The van der Waals surface area contributed by atoms with E-state index in [0.29, 0.717) is 39.7 Å². The second-order valence-corrected chi connectivity index (χ2v) is 25.8. The van der Waals surface area contributed by atoms with Crippen LogP contribution in [0, 0.1) is 11.8 Å². The highest BCUT2D eigenvalue weighted by Crippen LogP contribution is 2.24. The second-order valence-electron chi connectivity index (χ2n) is 16.2. The van der Waals surface area contributed by atoms with Gasteiger partial charge in [-0.1, -0.05) is 61.8 Å². The first kappa shape index (κ1) is 80.8. The van der Waals surface area contributed by atoms with Crippen molar-refractivity contribution in [3.63, 3.8) is 0 Å². The van der Waals surface area contributed by atoms with Gasteiger partial charge < -0.3 is 48.5 Å². The maximum atomic E-state index is 11.9. The fourth-order valence-corrected chi connectivity index (χ4v) is 4.64. The summed E-state index contributed by atoms with van der Waals surface area (Å²) < 4.78 is 33.1. The van der Waals surface area contributed by atoms with Gasteiger partial charge in [-0.25, -0.2) is 49.3 Å². The van der Waals surface area contributed by atoms with Gasteiger partial charge in [0.05, 0.1) is 31.0 Å². The van der Waals surface area contributed by atoms with Crippen LogP contribution in [-0.4, -0.2) is 143 Å². The SMILES string of the molecule is CC(C)(O)C(=O)c1ccc(OCC(=O)O)cc1.CC(C)C(=O)Cl.CO.COC(=O)COc1ccc(C(=O)C(C)(C)Br)cc1.COC(=O)COc1ccc(C(=O)C(C)C)cc1.COC(=O)COc1ccccc1.ClCCl.[Cl][Al]([Cl])[Cl]. The van der Waals surface area contributed by atoms with Gasteiger partial charge >= 0.3 is 35.3 Å². The normalized spacial score (nSPS) is 9.76. The number of ether oxygens (including phenoxy) is 7. The number of aliphatic hydroxyl groups is 2. The van der Waals surface area contributed by atoms with Crippen LogP contribution in [0.4, 0.5) is 0 Å². The van der Waals surface area contributed by atoms with Crippen molar-refractivity contribution in [2.24, 2.45) is 11.8 Å². The number of ketones is 3. The summed E-state index contributed by atoms with van der Waals surface area (Å²) in [6, 6.07) is 28.4. The third kappa shape index (κ3) is 44.7. The Labute approximate surface area is 502 Å². The molecule has 79 heavy (non-hydrogen) atoms. The lowest BCUT2D eigenvalue weighted by atomic mass is 9.97. The third-order valence-corrected chi connectivity index (χ3v) is 9.10. The van der Waals surface area contributed by atoms with E-state index in [9.17, 15) is 43.5 Å². The average Bonchev–Trinajstić information content (AvgIpc) is 3.41. The Morgan fingerprint density at radius 1 is 0.519 bits per heavy atom. The molecule has 0 aliphatic heterocycles. The lowest BCUT2D eigenvalue weighted by Gasteiger charge is -2.15. The molecule has 4 rings (SSSR count). The predicted molar refractivity (Wildman–Crippen MR) is 312 cm³/mol. The Morgan fingerprint density at radius 3 is 1.03 bits per heavy atom. The molecule has 0 heterocycles. The number of rotatable bonds is 19. The van der Waals surface area contributed by atoms with Crippen molar-refractivity contribution in [3.8, 4) is 23.0 Å². The largest absolute Gasteiger partial charge is 0.643 e. The summed E-state index contributed by atoms with van der Waals surface area (Å²) >= 11 is 16.1. The summed E-state index contributed by atoms with van der Waals surface area (Å²) in [6.07, 6.45) is 0. The number of carbonyl (C=O) groups excluding carboxylic acids is 7. The minimum Gasteiger partial charge on any atom is -0.482 e. The summed E-state index contributed by atoms with van der Waals surface area (Å²) in [5.74, 6) is -0.621. The Bertz CT molecular complexity index is 2350. The van der Waals surface area contributed by atoms with Crippen LogP contribution in [0.2, 0.25) is 0 Å². The number of benzene rings is 4. The van der Waals surface area contributed by atoms with E-state index >= 15 is 0 Å². The standard InChI is InChI=1S/C13H15BrO4.C13H16O4.C12H14O5.C9H10O3.C4H7ClO.CH2Cl2.CH4O.Al.3ClH/c1-13(2,14)12(16)9-4-6-10(7-5-9)18-8-11(15)17-3;1-9(2)13(15)10-4-6-11(7-5-10)17-8-12(14)16-3;1-12(2,16)11(15)8-3-5-9(6-4-8)17-7-10(13)14;1-11-9(10)7-12-8-5-3-2-4-6-8;1-3(2)4(5)6;2-1-3;1-2;;;;/h4-7H,8H2,1-3H3;4-7,9H,8H2,1-3H3;3-6,16H,7H2,1-2H3,(H,13,14);2-6H,7H2,1H3;3H,1-2H3;1H2;2H,1H3;;3*1H/q;;;;;;;+3;;;/p-3. The molecular weight excluding hydrogens is 1240 g/mol. The van der Waals surface area contributed by atoms with Gasteiger partial charge in [0, 0.05) is 35.6 Å². The first-order valence-electron chi connectivity index (χ1n) is 22.8. The minimum atomic E-state index is -1.72. The molecule has 0 unspecified atom stereocenters. The van der Waals surface area contributed by atoms with E-state index in [-0.39, 0.29) is 59.8 Å². The number of para-hydroxylation sites is 1. The maximum absolute atomic E-state index is 11.9. The van der Waals surface area contributed by atoms with Crippen molar-refractivity contribution in [1.29, 1.82) is 0 Å². The molecule has 4 aromatic rings. The van der Waals surface area contributed by atoms with E-state index < -0.39 is 51.6 Å². The van der Waals surface area contributed by atoms with Gasteiger partial charge in [0.15, 0.2) is 43.8 Å². The fourth-order valence-electron chi connectivity index (χ4n) is 4.42. The van der Waals surface area contributed by atoms with E-state index in [1.165, 1.54) is 59.4 Å². The Kier molecular flexibility index (Phi) is 48.1. The lowest BCUT2D eigenvalue weighted by Crippen LogP contribution is -2.30. The van der Waals surface area contributed by atoms with Crippen molar-refractivity contribution in [2.75, 3.05) is 60.2 Å². The maximum Gasteiger partial charge on any atom is 0.643 e. The molecule has 0 aliphatic rings. The molecule has 18 nitrogen and oxygen atoms in total. The smallest absolute Gasteiger partial charge is 0.482 e. The number of hydrogen-bond acceptors (Lipinski definition) is 17. The monoisotopic (exact) mass is 1310 g/mol. The molecular formula is C53H68AlBrCl6O18. The van der Waals surface area contributed by atoms with Gasteiger partial charge in [0.2, 0.25) is 5.24 Å². The van der Waals surface area contributed by atoms with Crippen LogP contribution in [-0.2, 0) is 38.2 Å². The number of halogens is 7. The number of carbonyl (C=O) groups is 8. The van der Waals surface area contributed by atoms with Crippen LogP contribution in [0.1, 0.15) is 86.5 Å². The summed E-state index contributed by atoms with van der Waals surface area (Å²) in [5, 5.41) is 24.9. The molecule has 0 aliphatic carbocycles. The van der Waals surface area contributed by atoms with Crippen LogP contribution in [0.15, 0.2) is 103 Å². The molecule has 0 bridgehead atoms. The molecule has 440 valence electrons. The summed E-state index contributed by atoms with van der Waals surface area (Å²) in [7, 11) is 19.8. The number of esters is 3. The van der Waals surface area contributed by atoms with Crippen molar-refractivity contribution < 1.29 is 86.8 Å². The summed E-state index contributed by atoms with van der Waals surface area (Å²) in [4.78, 5) is 87.8. The fraction of sp³-hybridized carbons (Fsp3) is 0.396. The van der Waals surface area contributed by atoms with Gasteiger partial charge in [-0.15, -0.1) is 23.2 Å². The zero-order valence-corrected chi connectivity index (χ0v) is 53.0. The number of carboxylic acids is 1. The first-order valence-corrected chi connectivity index (χ1v) is 30.3. The van der Waals surface area contributed by atoms with Crippen LogP contribution in [0.3, 0.4) is 0 Å². The van der Waals surface area contributed by atoms with Crippen molar-refractivity contribution in [2.45, 2.75) is 65.3 Å². The molecule has 4 aromatic carbocycles. The highest BCUT2D eigenvalue weighted by atomic mass is 79.9. The number of alkyl halides is 3. The van der Waals surface area contributed by atoms with Crippen LogP contribution >= 0.6 is 80.9 Å². The van der Waals surface area contributed by atoms with Gasteiger partial charge in [0.1, 0.15) is 28.6 Å².